The second-order valence-electron chi connectivity index (χ2n) is 3.55. The summed E-state index contributed by atoms with van der Waals surface area (Å²) >= 11 is 0. The SMILES string of the molecule is C=C(C)CCC(N)c1ccc(C)o1. The molecule has 1 unspecified atom stereocenters. The molecule has 0 aliphatic carbocycles. The maximum absolute atomic E-state index is 5.92. The van der Waals surface area contributed by atoms with Crippen molar-refractivity contribution in [1.29, 1.82) is 0 Å². The predicted molar refractivity (Wildman–Crippen MR) is 54.4 cm³/mol. The first-order chi connectivity index (χ1) is 6.09. The first kappa shape index (κ1) is 10.1. The Balaban J connectivity index is 2.48. The van der Waals surface area contributed by atoms with Crippen molar-refractivity contribution in [2.75, 3.05) is 0 Å². The third-order valence-electron chi connectivity index (χ3n) is 2.01. The van der Waals surface area contributed by atoms with Crippen LogP contribution in [0.3, 0.4) is 0 Å². The van der Waals surface area contributed by atoms with Crippen LogP contribution in [-0.2, 0) is 0 Å². The number of hydrogen-bond acceptors (Lipinski definition) is 2. The Morgan fingerprint density at radius 1 is 1.62 bits per heavy atom. The van der Waals surface area contributed by atoms with Crippen molar-refractivity contribution >= 4 is 0 Å². The van der Waals surface area contributed by atoms with Gasteiger partial charge in [0.2, 0.25) is 0 Å². The number of aryl methyl sites for hydroxylation is 1. The summed E-state index contributed by atoms with van der Waals surface area (Å²) in [5.41, 5.74) is 7.09. The molecule has 2 heteroatoms. The molecule has 0 saturated carbocycles. The lowest BCUT2D eigenvalue weighted by Gasteiger charge is -2.07. The second-order valence-corrected chi connectivity index (χ2v) is 3.55. The quantitative estimate of drug-likeness (QED) is 0.722. The average molecular weight is 179 g/mol. The molecule has 1 heterocycles. The minimum Gasteiger partial charge on any atom is -0.465 e. The maximum atomic E-state index is 5.92. The Morgan fingerprint density at radius 3 is 2.77 bits per heavy atom. The van der Waals surface area contributed by atoms with Crippen molar-refractivity contribution in [3.63, 3.8) is 0 Å². The van der Waals surface area contributed by atoms with E-state index >= 15 is 0 Å². The van der Waals surface area contributed by atoms with E-state index in [0.29, 0.717) is 0 Å². The third kappa shape index (κ3) is 3.07. The maximum Gasteiger partial charge on any atom is 0.120 e. The fourth-order valence-electron chi connectivity index (χ4n) is 1.20. The number of allylic oxidation sites excluding steroid dienone is 1. The zero-order chi connectivity index (χ0) is 9.84. The van der Waals surface area contributed by atoms with E-state index in [1.807, 2.05) is 26.0 Å². The first-order valence-electron chi connectivity index (χ1n) is 4.56. The number of furan rings is 1. The van der Waals surface area contributed by atoms with E-state index in [9.17, 15) is 0 Å². The van der Waals surface area contributed by atoms with Gasteiger partial charge < -0.3 is 10.2 Å². The predicted octanol–water partition coefficient (Wildman–Crippen LogP) is 2.94. The van der Waals surface area contributed by atoms with Gasteiger partial charge in [-0.25, -0.2) is 0 Å². The molecule has 13 heavy (non-hydrogen) atoms. The Kier molecular flexibility index (Phi) is 3.32. The van der Waals surface area contributed by atoms with Crippen LogP contribution in [0, 0.1) is 6.92 Å². The van der Waals surface area contributed by atoms with E-state index in [2.05, 4.69) is 6.58 Å². The summed E-state index contributed by atoms with van der Waals surface area (Å²) in [5, 5.41) is 0. The van der Waals surface area contributed by atoms with Gasteiger partial charge in [0, 0.05) is 0 Å². The lowest BCUT2D eigenvalue weighted by Crippen LogP contribution is -2.08. The second kappa shape index (κ2) is 4.28. The monoisotopic (exact) mass is 179 g/mol. The molecule has 2 nitrogen and oxygen atoms in total. The third-order valence-corrected chi connectivity index (χ3v) is 2.01. The van der Waals surface area contributed by atoms with Crippen LogP contribution in [0.2, 0.25) is 0 Å². The fraction of sp³-hybridized carbons (Fsp3) is 0.455. The summed E-state index contributed by atoms with van der Waals surface area (Å²) in [7, 11) is 0. The van der Waals surface area contributed by atoms with Gasteiger partial charge in [0.25, 0.3) is 0 Å². The molecule has 0 aliphatic rings. The summed E-state index contributed by atoms with van der Waals surface area (Å²) < 4.78 is 5.42. The van der Waals surface area contributed by atoms with E-state index in [-0.39, 0.29) is 6.04 Å². The molecule has 1 aromatic heterocycles. The molecule has 1 rings (SSSR count). The van der Waals surface area contributed by atoms with Gasteiger partial charge in [-0.05, 0) is 38.8 Å². The van der Waals surface area contributed by atoms with Crippen LogP contribution in [-0.4, -0.2) is 0 Å². The van der Waals surface area contributed by atoms with Crippen molar-refractivity contribution in [3.8, 4) is 0 Å². The van der Waals surface area contributed by atoms with Gasteiger partial charge in [0.1, 0.15) is 11.5 Å². The van der Waals surface area contributed by atoms with Crippen LogP contribution in [0.15, 0.2) is 28.7 Å². The summed E-state index contributed by atoms with van der Waals surface area (Å²) in [6.45, 7) is 7.78. The molecule has 0 aromatic carbocycles. The zero-order valence-corrected chi connectivity index (χ0v) is 8.34. The first-order valence-corrected chi connectivity index (χ1v) is 4.56. The molecule has 0 saturated heterocycles. The standard InChI is InChI=1S/C11H17NO/c1-8(2)4-6-10(12)11-7-5-9(3)13-11/h5,7,10H,1,4,6,12H2,2-3H3. The molecule has 0 fully saturated rings. The highest BCUT2D eigenvalue weighted by molar-refractivity contribution is 5.09. The van der Waals surface area contributed by atoms with Gasteiger partial charge in [0.05, 0.1) is 6.04 Å². The van der Waals surface area contributed by atoms with Crippen molar-refractivity contribution in [3.05, 3.63) is 35.8 Å². The minimum absolute atomic E-state index is 0.00500. The number of nitrogens with two attached hydrogens (primary N) is 1. The largest absolute Gasteiger partial charge is 0.465 e. The molecule has 0 radical (unpaired) electrons. The minimum atomic E-state index is 0.00500. The Labute approximate surface area is 79.4 Å². The van der Waals surface area contributed by atoms with E-state index in [0.717, 1.165) is 24.4 Å². The van der Waals surface area contributed by atoms with E-state index < -0.39 is 0 Å². The van der Waals surface area contributed by atoms with Crippen LogP contribution in [0.25, 0.3) is 0 Å². The van der Waals surface area contributed by atoms with E-state index in [1.165, 1.54) is 5.57 Å². The number of rotatable bonds is 4. The Bertz CT molecular complexity index is 288. The van der Waals surface area contributed by atoms with Crippen molar-refractivity contribution in [1.82, 2.24) is 0 Å². The van der Waals surface area contributed by atoms with Crippen LogP contribution in [0.4, 0.5) is 0 Å². The molecule has 0 aliphatic heterocycles. The van der Waals surface area contributed by atoms with Gasteiger partial charge >= 0.3 is 0 Å². The van der Waals surface area contributed by atoms with E-state index in [4.69, 9.17) is 10.2 Å². The fourth-order valence-corrected chi connectivity index (χ4v) is 1.20. The molecule has 0 bridgehead atoms. The molecule has 0 amide bonds. The van der Waals surface area contributed by atoms with Crippen LogP contribution in [0.5, 0.6) is 0 Å². The molecule has 1 atom stereocenters. The Hall–Kier alpha value is -1.02. The Morgan fingerprint density at radius 2 is 2.31 bits per heavy atom. The van der Waals surface area contributed by atoms with E-state index in [1.54, 1.807) is 0 Å². The van der Waals surface area contributed by atoms with Crippen molar-refractivity contribution in [2.24, 2.45) is 5.73 Å². The zero-order valence-electron chi connectivity index (χ0n) is 8.34. The highest BCUT2D eigenvalue weighted by atomic mass is 16.3. The van der Waals surface area contributed by atoms with Gasteiger partial charge in [-0.15, -0.1) is 6.58 Å². The highest BCUT2D eigenvalue weighted by Gasteiger charge is 2.09. The topological polar surface area (TPSA) is 39.2 Å². The molecule has 2 N–H and O–H groups in total. The molecular weight excluding hydrogens is 162 g/mol. The lowest BCUT2D eigenvalue weighted by molar-refractivity contribution is 0.434. The van der Waals surface area contributed by atoms with Gasteiger partial charge in [-0.2, -0.15) is 0 Å². The highest BCUT2D eigenvalue weighted by Crippen LogP contribution is 2.19. The van der Waals surface area contributed by atoms with Crippen molar-refractivity contribution in [2.45, 2.75) is 32.7 Å². The molecular formula is C11H17NO. The van der Waals surface area contributed by atoms with Gasteiger partial charge in [0.15, 0.2) is 0 Å². The van der Waals surface area contributed by atoms with Crippen LogP contribution >= 0.6 is 0 Å². The smallest absolute Gasteiger partial charge is 0.120 e. The molecule has 1 aromatic rings. The summed E-state index contributed by atoms with van der Waals surface area (Å²) in [5.74, 6) is 1.79. The summed E-state index contributed by atoms with van der Waals surface area (Å²) in [4.78, 5) is 0. The summed E-state index contributed by atoms with van der Waals surface area (Å²) in [6, 6.07) is 3.89. The van der Waals surface area contributed by atoms with Gasteiger partial charge in [-0.1, -0.05) is 5.57 Å². The van der Waals surface area contributed by atoms with Gasteiger partial charge in [-0.3, -0.25) is 0 Å². The lowest BCUT2D eigenvalue weighted by atomic mass is 10.1. The molecule has 72 valence electrons. The van der Waals surface area contributed by atoms with Crippen molar-refractivity contribution < 1.29 is 4.42 Å². The van der Waals surface area contributed by atoms with Crippen LogP contribution in [0.1, 0.15) is 37.3 Å². The average Bonchev–Trinajstić information content (AvgIpc) is 2.47. The normalized spacial score (nSPS) is 12.8. The number of hydrogen-bond donors (Lipinski definition) is 1. The molecule has 0 spiro atoms. The van der Waals surface area contributed by atoms with Crippen LogP contribution < -0.4 is 5.73 Å². The summed E-state index contributed by atoms with van der Waals surface area (Å²) in [6.07, 6.45) is 1.86.